The minimum Gasteiger partial charge on any atom is -0.396 e. The van der Waals surface area contributed by atoms with Crippen molar-refractivity contribution in [2.24, 2.45) is 0 Å². The summed E-state index contributed by atoms with van der Waals surface area (Å²) in [5.41, 5.74) is 2.25. The molecule has 1 aromatic rings. The summed E-state index contributed by atoms with van der Waals surface area (Å²) >= 11 is 1.85. The van der Waals surface area contributed by atoms with E-state index in [1.165, 1.54) is 0 Å². The maximum atomic E-state index is 12.2. The van der Waals surface area contributed by atoms with Crippen molar-refractivity contribution < 1.29 is 19.7 Å². The largest absolute Gasteiger partial charge is 0.396 e. The minimum atomic E-state index is -0.386. The molecule has 0 radical (unpaired) electrons. The van der Waals surface area contributed by atoms with Gasteiger partial charge in [-0.1, -0.05) is 24.3 Å². The standard InChI is InChI=1S/C22H35NO4S/c1-27-17-19-6-4-5-18(15-19)16-21(25)9-7-20-8-10-22(26)23(20)11-14-28-13-3-2-12-24/h4-6,15,20-21,24-25H,2-3,7-14,16-17H2,1H3/t20?,21-/m1/s1. The molecule has 0 aromatic heterocycles. The van der Waals surface area contributed by atoms with Crippen LogP contribution in [0, 0.1) is 0 Å². The highest BCUT2D eigenvalue weighted by Gasteiger charge is 2.30. The summed E-state index contributed by atoms with van der Waals surface area (Å²) in [4.78, 5) is 14.2. The van der Waals surface area contributed by atoms with Gasteiger partial charge in [-0.15, -0.1) is 0 Å². The Morgan fingerprint density at radius 3 is 2.89 bits per heavy atom. The van der Waals surface area contributed by atoms with Crippen LogP contribution >= 0.6 is 11.8 Å². The maximum Gasteiger partial charge on any atom is 0.222 e. The van der Waals surface area contributed by atoms with Crippen molar-refractivity contribution in [3.8, 4) is 0 Å². The number of carbonyl (C=O) groups is 1. The van der Waals surface area contributed by atoms with Gasteiger partial charge in [-0.2, -0.15) is 11.8 Å². The van der Waals surface area contributed by atoms with Gasteiger partial charge in [0.05, 0.1) is 12.7 Å². The lowest BCUT2D eigenvalue weighted by Gasteiger charge is -2.25. The number of methoxy groups -OCH3 is 1. The third-order valence-corrected chi connectivity index (χ3v) is 6.28. The number of benzene rings is 1. The van der Waals surface area contributed by atoms with Gasteiger partial charge in [0.2, 0.25) is 5.91 Å². The van der Waals surface area contributed by atoms with E-state index in [-0.39, 0.29) is 24.7 Å². The van der Waals surface area contributed by atoms with E-state index in [0.29, 0.717) is 25.9 Å². The van der Waals surface area contributed by atoms with Crippen molar-refractivity contribution in [3.05, 3.63) is 35.4 Å². The molecule has 2 atom stereocenters. The first-order valence-electron chi connectivity index (χ1n) is 10.4. The first-order valence-corrected chi connectivity index (χ1v) is 11.5. The van der Waals surface area contributed by atoms with Crippen LogP contribution in [0.15, 0.2) is 24.3 Å². The van der Waals surface area contributed by atoms with E-state index in [0.717, 1.165) is 54.9 Å². The van der Waals surface area contributed by atoms with Gasteiger partial charge in [-0.25, -0.2) is 0 Å². The summed E-state index contributed by atoms with van der Waals surface area (Å²) in [5.74, 6) is 2.24. The zero-order valence-electron chi connectivity index (χ0n) is 17.0. The number of likely N-dealkylation sites (tertiary alicyclic amines) is 1. The average molecular weight is 410 g/mol. The van der Waals surface area contributed by atoms with E-state index in [2.05, 4.69) is 6.07 Å². The van der Waals surface area contributed by atoms with Gasteiger partial charge in [-0.05, 0) is 55.4 Å². The molecule has 5 nitrogen and oxygen atoms in total. The normalized spacial score (nSPS) is 18.0. The Bertz CT molecular complexity index is 583. The molecule has 2 rings (SSSR count). The number of thioether (sulfide) groups is 1. The van der Waals surface area contributed by atoms with Crippen molar-refractivity contribution in [2.75, 3.05) is 31.8 Å². The van der Waals surface area contributed by atoms with Crippen molar-refractivity contribution in [3.63, 3.8) is 0 Å². The molecule has 0 spiro atoms. The molecule has 1 aromatic carbocycles. The van der Waals surface area contributed by atoms with Gasteiger partial charge in [0.1, 0.15) is 0 Å². The monoisotopic (exact) mass is 409 g/mol. The van der Waals surface area contributed by atoms with Crippen molar-refractivity contribution in [2.45, 2.75) is 63.7 Å². The number of nitrogens with zero attached hydrogens (tertiary/aromatic N) is 1. The van der Waals surface area contributed by atoms with Crippen LogP contribution < -0.4 is 0 Å². The smallest absolute Gasteiger partial charge is 0.222 e. The zero-order chi connectivity index (χ0) is 20.2. The molecular weight excluding hydrogens is 374 g/mol. The number of ether oxygens (including phenoxy) is 1. The lowest BCUT2D eigenvalue weighted by atomic mass is 9.99. The van der Waals surface area contributed by atoms with Crippen LogP contribution in [0.25, 0.3) is 0 Å². The first kappa shape index (κ1) is 23.2. The first-order chi connectivity index (χ1) is 13.6. The van der Waals surface area contributed by atoms with Gasteiger partial charge in [0, 0.05) is 38.5 Å². The minimum absolute atomic E-state index is 0.253. The van der Waals surface area contributed by atoms with Gasteiger partial charge < -0.3 is 19.8 Å². The van der Waals surface area contributed by atoms with Gasteiger partial charge in [0.25, 0.3) is 0 Å². The Balaban J connectivity index is 1.72. The Labute approximate surface area is 173 Å². The lowest BCUT2D eigenvalue weighted by molar-refractivity contribution is -0.128. The Kier molecular flexibility index (Phi) is 10.9. The molecule has 28 heavy (non-hydrogen) atoms. The number of aliphatic hydroxyl groups excluding tert-OH is 2. The van der Waals surface area contributed by atoms with E-state index >= 15 is 0 Å². The third kappa shape index (κ3) is 8.11. The number of carbonyl (C=O) groups excluding carboxylic acids is 1. The predicted octanol–water partition coefficient (Wildman–Crippen LogP) is 3.01. The fourth-order valence-electron chi connectivity index (χ4n) is 3.75. The second kappa shape index (κ2) is 13.2. The molecule has 0 saturated carbocycles. The summed E-state index contributed by atoms with van der Waals surface area (Å²) in [7, 11) is 1.68. The summed E-state index contributed by atoms with van der Waals surface area (Å²) < 4.78 is 5.17. The number of rotatable bonds is 14. The predicted molar refractivity (Wildman–Crippen MR) is 114 cm³/mol. The van der Waals surface area contributed by atoms with E-state index in [4.69, 9.17) is 9.84 Å². The van der Waals surface area contributed by atoms with E-state index < -0.39 is 0 Å². The van der Waals surface area contributed by atoms with E-state index in [9.17, 15) is 9.90 Å². The molecule has 1 unspecified atom stereocenters. The molecule has 1 fully saturated rings. The van der Waals surface area contributed by atoms with Crippen LogP contribution in [0.1, 0.15) is 49.7 Å². The molecule has 0 bridgehead atoms. The van der Waals surface area contributed by atoms with Crippen LogP contribution in [-0.4, -0.2) is 64.9 Å². The number of hydrogen-bond acceptors (Lipinski definition) is 5. The molecule has 1 saturated heterocycles. The number of hydrogen-bond donors (Lipinski definition) is 2. The summed E-state index contributed by atoms with van der Waals surface area (Å²) in [6.07, 6.45) is 5.24. The Morgan fingerprint density at radius 2 is 2.11 bits per heavy atom. The molecule has 0 aliphatic carbocycles. The van der Waals surface area contributed by atoms with Crippen molar-refractivity contribution in [1.82, 2.24) is 4.90 Å². The third-order valence-electron chi connectivity index (χ3n) is 5.23. The molecule has 1 aliphatic heterocycles. The topological polar surface area (TPSA) is 70.0 Å². The second-order valence-corrected chi connectivity index (χ2v) is 8.74. The van der Waals surface area contributed by atoms with Crippen LogP contribution in [0.2, 0.25) is 0 Å². The molecule has 1 heterocycles. The highest BCUT2D eigenvalue weighted by Crippen LogP contribution is 2.24. The molecular formula is C22H35NO4S. The average Bonchev–Trinajstić information content (AvgIpc) is 3.03. The highest BCUT2D eigenvalue weighted by molar-refractivity contribution is 7.99. The van der Waals surface area contributed by atoms with E-state index in [1.54, 1.807) is 7.11 Å². The number of unbranched alkanes of at least 4 members (excludes halogenated alkanes) is 1. The lowest BCUT2D eigenvalue weighted by Crippen LogP contribution is -2.35. The molecule has 1 amide bonds. The number of amides is 1. The zero-order valence-corrected chi connectivity index (χ0v) is 17.8. The van der Waals surface area contributed by atoms with Gasteiger partial charge in [-0.3, -0.25) is 4.79 Å². The maximum absolute atomic E-state index is 12.2. The van der Waals surface area contributed by atoms with Gasteiger partial charge in [0.15, 0.2) is 0 Å². The second-order valence-electron chi connectivity index (χ2n) is 7.51. The molecule has 1 aliphatic rings. The molecule has 158 valence electrons. The summed E-state index contributed by atoms with van der Waals surface area (Å²) in [6.45, 7) is 1.63. The van der Waals surface area contributed by atoms with Crippen LogP contribution in [0.3, 0.4) is 0 Å². The SMILES string of the molecule is COCc1cccc(C[C@H](O)CCC2CCC(=O)N2CCSCCCCO)c1. The van der Waals surface area contributed by atoms with E-state index in [1.807, 2.05) is 34.9 Å². The number of aliphatic hydroxyl groups is 2. The summed E-state index contributed by atoms with van der Waals surface area (Å²) in [6, 6.07) is 8.43. The highest BCUT2D eigenvalue weighted by atomic mass is 32.2. The Morgan fingerprint density at radius 1 is 1.29 bits per heavy atom. The van der Waals surface area contributed by atoms with Gasteiger partial charge >= 0.3 is 0 Å². The fraction of sp³-hybridized carbons (Fsp3) is 0.682. The van der Waals surface area contributed by atoms with Crippen molar-refractivity contribution in [1.29, 1.82) is 0 Å². The van der Waals surface area contributed by atoms with Crippen LogP contribution in [0.5, 0.6) is 0 Å². The molecule has 2 N–H and O–H groups in total. The summed E-state index contributed by atoms with van der Waals surface area (Å²) in [5, 5.41) is 19.3. The quantitative estimate of drug-likeness (QED) is 0.462. The fourth-order valence-corrected chi connectivity index (χ4v) is 4.69. The van der Waals surface area contributed by atoms with Crippen LogP contribution in [-0.2, 0) is 22.6 Å². The Hall–Kier alpha value is -1.08. The molecule has 6 heteroatoms. The van der Waals surface area contributed by atoms with Crippen LogP contribution in [0.4, 0.5) is 0 Å². The van der Waals surface area contributed by atoms with Crippen molar-refractivity contribution >= 4 is 17.7 Å².